The van der Waals surface area contributed by atoms with Crippen LogP contribution in [0.3, 0.4) is 0 Å². The van der Waals surface area contributed by atoms with E-state index in [1.165, 1.54) is 263 Å². The summed E-state index contributed by atoms with van der Waals surface area (Å²) in [6.45, 7) is 1.77. The molecule has 0 aliphatic carbocycles. The molecule has 19 heteroatoms. The number of hydrogen-bond donors (Lipinski definition) is 12. The van der Waals surface area contributed by atoms with Gasteiger partial charge in [0.2, 0.25) is 5.91 Å². The zero-order chi connectivity index (χ0) is 71.8. The SMILES string of the molecule is CCCCCCCCCC/C=C\CCCCCCCCCCCCCC(=O)NC(COC1OC(CO)C(OC2OC(CO)C(OC3OC(CO)C(O)C(O)C3O)C(O)C2O)C(O)C1O)C(O)/C=C/CC/C=C/CCCCCCCCCCCCCCCCCCCCCCCCCCC. The van der Waals surface area contributed by atoms with Crippen molar-refractivity contribution in [3.63, 3.8) is 0 Å². The quantitative estimate of drug-likeness (QED) is 0.0199. The molecule has 0 aromatic carbocycles. The van der Waals surface area contributed by atoms with Gasteiger partial charge in [0.05, 0.1) is 38.6 Å². The van der Waals surface area contributed by atoms with Crippen molar-refractivity contribution in [2.24, 2.45) is 0 Å². The van der Waals surface area contributed by atoms with Gasteiger partial charge in [-0.1, -0.05) is 307 Å². The van der Waals surface area contributed by atoms with Crippen molar-refractivity contribution in [1.82, 2.24) is 5.32 Å². The Kier molecular flexibility index (Phi) is 56.4. The lowest BCUT2D eigenvalue weighted by atomic mass is 9.96. The normalized spacial score (nSPS) is 26.7. The zero-order valence-electron chi connectivity index (χ0n) is 62.2. The molecule has 1 amide bonds. The van der Waals surface area contributed by atoms with Crippen LogP contribution in [0, 0.1) is 0 Å². The number of hydrogen-bond acceptors (Lipinski definition) is 18. The van der Waals surface area contributed by atoms with E-state index < -0.39 is 124 Å². The molecule has 17 atom stereocenters. The van der Waals surface area contributed by atoms with E-state index in [-0.39, 0.29) is 18.9 Å². The van der Waals surface area contributed by atoms with Crippen molar-refractivity contribution in [1.29, 1.82) is 0 Å². The molecule has 12 N–H and O–H groups in total. The molecule has 0 bridgehead atoms. The fraction of sp³-hybridized carbons (Fsp3) is 0.912. The minimum atomic E-state index is -1.98. The second-order valence-electron chi connectivity index (χ2n) is 29.2. The highest BCUT2D eigenvalue weighted by molar-refractivity contribution is 5.76. The largest absolute Gasteiger partial charge is 0.394 e. The number of rotatable bonds is 65. The van der Waals surface area contributed by atoms with E-state index in [1.54, 1.807) is 6.08 Å². The first kappa shape index (κ1) is 91.2. The number of amides is 1. The Morgan fingerprint density at radius 3 is 1.01 bits per heavy atom. The van der Waals surface area contributed by atoms with Crippen LogP contribution in [0.2, 0.25) is 0 Å². The van der Waals surface area contributed by atoms with Crippen LogP contribution >= 0.6 is 0 Å². The molecule has 19 nitrogen and oxygen atoms in total. The van der Waals surface area contributed by atoms with E-state index in [2.05, 4.69) is 43.5 Å². The second-order valence-corrected chi connectivity index (χ2v) is 29.2. The fourth-order valence-electron chi connectivity index (χ4n) is 13.9. The molecule has 99 heavy (non-hydrogen) atoms. The van der Waals surface area contributed by atoms with Crippen molar-refractivity contribution in [2.45, 2.75) is 439 Å². The Morgan fingerprint density at radius 1 is 0.354 bits per heavy atom. The summed E-state index contributed by atoms with van der Waals surface area (Å²) in [6.07, 6.45) is 48.6. The summed E-state index contributed by atoms with van der Waals surface area (Å²) in [5.74, 6) is -0.282. The molecule has 3 heterocycles. The maximum atomic E-state index is 13.5. The Balaban J connectivity index is 1.38. The summed E-state index contributed by atoms with van der Waals surface area (Å²) in [6, 6.07) is -0.992. The van der Waals surface area contributed by atoms with Gasteiger partial charge < -0.3 is 89.9 Å². The summed E-state index contributed by atoms with van der Waals surface area (Å²) in [5, 5.41) is 121. The fourth-order valence-corrected chi connectivity index (χ4v) is 13.9. The molecular formula is C80H149NO18. The average Bonchev–Trinajstić information content (AvgIpc) is 0.782. The van der Waals surface area contributed by atoms with Gasteiger partial charge in [0, 0.05) is 6.42 Å². The van der Waals surface area contributed by atoms with Crippen LogP contribution in [0.25, 0.3) is 0 Å². The minimum Gasteiger partial charge on any atom is -0.394 e. The van der Waals surface area contributed by atoms with Crippen molar-refractivity contribution in [3.8, 4) is 0 Å². The molecule has 3 fully saturated rings. The van der Waals surface area contributed by atoms with Gasteiger partial charge in [-0.25, -0.2) is 0 Å². The third kappa shape index (κ3) is 41.5. The number of allylic oxidation sites excluding steroid dienone is 5. The van der Waals surface area contributed by atoms with Gasteiger partial charge in [0.25, 0.3) is 0 Å². The van der Waals surface area contributed by atoms with Crippen LogP contribution in [-0.4, -0.2) is 193 Å². The molecule has 17 unspecified atom stereocenters. The smallest absolute Gasteiger partial charge is 0.220 e. The Hall–Kier alpha value is -1.99. The molecule has 0 saturated carbocycles. The van der Waals surface area contributed by atoms with Crippen molar-refractivity contribution in [3.05, 3.63) is 36.5 Å². The number of nitrogens with one attached hydrogen (secondary N) is 1. The zero-order valence-corrected chi connectivity index (χ0v) is 62.2. The van der Waals surface area contributed by atoms with Crippen LogP contribution in [-0.2, 0) is 33.2 Å². The van der Waals surface area contributed by atoms with Crippen LogP contribution in [0.15, 0.2) is 36.5 Å². The first-order valence-electron chi connectivity index (χ1n) is 40.7. The summed E-state index contributed by atoms with van der Waals surface area (Å²) >= 11 is 0. The Labute approximate surface area is 600 Å². The van der Waals surface area contributed by atoms with Crippen LogP contribution in [0.4, 0.5) is 0 Å². The summed E-state index contributed by atoms with van der Waals surface area (Å²) in [5.41, 5.74) is 0. The first-order valence-corrected chi connectivity index (χ1v) is 40.7. The molecule has 0 aromatic rings. The second kappa shape index (κ2) is 61.2. The highest BCUT2D eigenvalue weighted by Crippen LogP contribution is 2.33. The highest BCUT2D eigenvalue weighted by Gasteiger charge is 2.54. The van der Waals surface area contributed by atoms with Gasteiger partial charge in [-0.3, -0.25) is 4.79 Å². The van der Waals surface area contributed by atoms with Crippen molar-refractivity contribution < 1.29 is 89.4 Å². The van der Waals surface area contributed by atoms with Crippen LogP contribution in [0.1, 0.15) is 335 Å². The predicted molar refractivity (Wildman–Crippen MR) is 393 cm³/mol. The molecule has 582 valence electrons. The molecule has 3 saturated heterocycles. The summed E-state index contributed by atoms with van der Waals surface area (Å²) < 4.78 is 34.4. The average molecular weight is 1410 g/mol. The lowest BCUT2D eigenvalue weighted by molar-refractivity contribution is -0.379. The van der Waals surface area contributed by atoms with Gasteiger partial charge in [0.15, 0.2) is 18.9 Å². The van der Waals surface area contributed by atoms with Gasteiger partial charge >= 0.3 is 0 Å². The Bertz CT molecular complexity index is 1930. The monoisotopic (exact) mass is 1410 g/mol. The maximum absolute atomic E-state index is 13.5. The number of aliphatic hydroxyl groups is 11. The summed E-state index contributed by atoms with van der Waals surface area (Å²) in [7, 11) is 0. The highest BCUT2D eigenvalue weighted by atomic mass is 16.8. The lowest BCUT2D eigenvalue weighted by Gasteiger charge is -2.48. The van der Waals surface area contributed by atoms with E-state index >= 15 is 0 Å². The van der Waals surface area contributed by atoms with E-state index in [0.717, 1.165) is 38.5 Å². The third-order valence-electron chi connectivity index (χ3n) is 20.4. The number of unbranched alkanes of at least 4 members (excludes halogenated alkanes) is 45. The van der Waals surface area contributed by atoms with Gasteiger partial charge in [-0.05, 0) is 57.8 Å². The van der Waals surface area contributed by atoms with Crippen molar-refractivity contribution in [2.75, 3.05) is 26.4 Å². The van der Waals surface area contributed by atoms with Gasteiger partial charge in [-0.15, -0.1) is 0 Å². The van der Waals surface area contributed by atoms with Crippen LogP contribution in [0.5, 0.6) is 0 Å². The van der Waals surface area contributed by atoms with E-state index in [0.29, 0.717) is 12.8 Å². The number of ether oxygens (including phenoxy) is 6. The third-order valence-corrected chi connectivity index (χ3v) is 20.4. The molecule has 0 radical (unpaired) electrons. The summed E-state index contributed by atoms with van der Waals surface area (Å²) in [4.78, 5) is 13.5. The van der Waals surface area contributed by atoms with E-state index in [1.807, 2.05) is 6.08 Å². The van der Waals surface area contributed by atoms with E-state index in [9.17, 15) is 61.0 Å². The lowest BCUT2D eigenvalue weighted by Crippen LogP contribution is -2.66. The number of carbonyl (C=O) groups excluding carboxylic acids is 1. The minimum absolute atomic E-state index is 0.236. The molecular weight excluding hydrogens is 1260 g/mol. The van der Waals surface area contributed by atoms with E-state index in [4.69, 9.17) is 28.4 Å². The topological polar surface area (TPSA) is 307 Å². The molecule has 3 aliphatic heterocycles. The predicted octanol–water partition coefficient (Wildman–Crippen LogP) is 13.5. The molecule has 3 aliphatic rings. The van der Waals surface area contributed by atoms with Crippen molar-refractivity contribution >= 4 is 5.91 Å². The molecule has 0 aromatic heterocycles. The van der Waals surface area contributed by atoms with Crippen LogP contribution < -0.4 is 5.32 Å². The Morgan fingerprint density at radius 2 is 0.646 bits per heavy atom. The molecule has 0 spiro atoms. The number of carbonyl (C=O) groups is 1. The standard InChI is InChI=1S/C80H149NO18/c1-3-5-7-9-11-13-15-17-19-21-23-25-27-28-29-30-31-32-33-34-36-37-39-41-43-45-47-49-51-53-55-57-64(85)63(81-68(86)58-56-54-52-50-48-46-44-42-40-38-35-26-24-22-20-18-16-14-12-10-8-6-4-2)62-94-78-74(92)71(89)76(66(60-83)96-78)99-80-75(93)72(90)77(67(61-84)97-80)98-79-73(91)70(88)69(87)65(59-82)95-79/h22,24,47,49,55,57,63-67,69-80,82-85,87-93H,3-21,23,25-46,48,50-54,56,58-62H2,1-2H3,(H,81,86)/b24-22-,49-47+,57-55+. The molecule has 3 rings (SSSR count). The first-order chi connectivity index (χ1) is 48.3. The maximum Gasteiger partial charge on any atom is 0.220 e. The van der Waals surface area contributed by atoms with Gasteiger partial charge in [-0.2, -0.15) is 0 Å². The van der Waals surface area contributed by atoms with Gasteiger partial charge in [0.1, 0.15) is 73.2 Å². The number of aliphatic hydroxyl groups excluding tert-OH is 11.